The van der Waals surface area contributed by atoms with Crippen molar-refractivity contribution in [2.75, 3.05) is 18.1 Å². The number of hydrogen-bond acceptors (Lipinski definition) is 10. The van der Waals surface area contributed by atoms with Crippen molar-refractivity contribution in [3.63, 3.8) is 0 Å². The van der Waals surface area contributed by atoms with Gasteiger partial charge in [0.2, 0.25) is 5.88 Å². The molecule has 14 nitrogen and oxygen atoms in total. The summed E-state index contributed by atoms with van der Waals surface area (Å²) in [6.07, 6.45) is 4.52. The number of anilines is 1. The molecule has 6 rings (SSSR count). The molecule has 0 unspecified atom stereocenters. The molecule has 1 amide bonds. The smallest absolute Gasteiger partial charge is 0.414 e. The molecule has 194 valence electrons. The Balaban J connectivity index is 1.10. The van der Waals surface area contributed by atoms with Gasteiger partial charge in [-0.3, -0.25) is 9.47 Å². The molecule has 0 N–H and O–H groups in total. The third-order valence-electron chi connectivity index (χ3n) is 6.05. The van der Waals surface area contributed by atoms with Gasteiger partial charge in [-0.1, -0.05) is 5.21 Å². The monoisotopic (exact) mass is 522 g/mol. The second-order valence-corrected chi connectivity index (χ2v) is 8.63. The predicted octanol–water partition coefficient (Wildman–Crippen LogP) is 2.45. The number of amides is 1. The number of carbonyl (C=O) groups is 1. The van der Waals surface area contributed by atoms with Crippen LogP contribution in [0.3, 0.4) is 0 Å². The molecular formula is C23H19FN8O6. The molecule has 0 saturated carbocycles. The van der Waals surface area contributed by atoms with Gasteiger partial charge in [-0.25, -0.2) is 18.9 Å². The summed E-state index contributed by atoms with van der Waals surface area (Å²) in [6.45, 7) is 1.05. The van der Waals surface area contributed by atoms with Gasteiger partial charge in [0.25, 0.3) is 0 Å². The number of halogens is 1. The minimum atomic E-state index is -0.592. The Kier molecular flexibility index (Phi) is 5.78. The van der Waals surface area contributed by atoms with Gasteiger partial charge in [-0.15, -0.1) is 5.10 Å². The number of pyridine rings is 1. The van der Waals surface area contributed by atoms with Crippen LogP contribution >= 0.6 is 0 Å². The maximum Gasteiger partial charge on any atom is 0.414 e. The molecule has 0 bridgehead atoms. The van der Waals surface area contributed by atoms with E-state index in [1.165, 1.54) is 34.1 Å². The molecule has 0 aliphatic carbocycles. The number of rotatable bonds is 7. The molecule has 2 atom stereocenters. The molecule has 5 heterocycles. The van der Waals surface area contributed by atoms with Gasteiger partial charge in [-0.05, 0) is 29.2 Å². The lowest BCUT2D eigenvalue weighted by molar-refractivity contribution is -0.389. The molecule has 2 aliphatic heterocycles. The second-order valence-electron chi connectivity index (χ2n) is 8.63. The van der Waals surface area contributed by atoms with E-state index in [1.807, 2.05) is 0 Å². The Morgan fingerprint density at radius 2 is 2.13 bits per heavy atom. The summed E-state index contributed by atoms with van der Waals surface area (Å²) in [5.74, 6) is -0.541. The number of imidazole rings is 1. The Morgan fingerprint density at radius 3 is 2.87 bits per heavy atom. The highest BCUT2D eigenvalue weighted by Gasteiger charge is 2.33. The highest BCUT2D eigenvalue weighted by atomic mass is 19.1. The highest BCUT2D eigenvalue weighted by molar-refractivity contribution is 5.90. The summed E-state index contributed by atoms with van der Waals surface area (Å²) in [5, 5.41) is 18.5. The van der Waals surface area contributed by atoms with Gasteiger partial charge >= 0.3 is 17.9 Å². The molecular weight excluding hydrogens is 503 g/mol. The van der Waals surface area contributed by atoms with Crippen LogP contribution in [0.15, 0.2) is 55.1 Å². The molecule has 1 aromatic carbocycles. The number of nitro groups is 1. The Labute approximate surface area is 213 Å². The van der Waals surface area contributed by atoms with Crippen LogP contribution in [0, 0.1) is 15.9 Å². The van der Waals surface area contributed by atoms with E-state index in [4.69, 9.17) is 14.2 Å². The van der Waals surface area contributed by atoms with Gasteiger partial charge in [0.05, 0.1) is 31.5 Å². The van der Waals surface area contributed by atoms with Crippen LogP contribution in [0.4, 0.5) is 20.7 Å². The van der Waals surface area contributed by atoms with Crippen molar-refractivity contribution in [3.05, 3.63) is 71.1 Å². The molecule has 4 aromatic rings. The summed E-state index contributed by atoms with van der Waals surface area (Å²) >= 11 is 0. The first-order valence-electron chi connectivity index (χ1n) is 11.5. The van der Waals surface area contributed by atoms with Crippen molar-refractivity contribution >= 4 is 17.6 Å². The van der Waals surface area contributed by atoms with Crippen LogP contribution < -0.4 is 14.4 Å². The SMILES string of the molecule is O=C1O[C@@H](Cn2ccnn2)CN1c1ccc(-c2ccc(O[C@@H]3COc4nc([N+](=O)[O-])cn4C3)nc2)c(F)c1. The van der Waals surface area contributed by atoms with E-state index < -0.39 is 29.0 Å². The summed E-state index contributed by atoms with van der Waals surface area (Å²) in [4.78, 5) is 32.1. The number of cyclic esters (lactones) is 1. The van der Waals surface area contributed by atoms with Crippen molar-refractivity contribution in [1.29, 1.82) is 0 Å². The van der Waals surface area contributed by atoms with Crippen LogP contribution in [0.25, 0.3) is 11.1 Å². The van der Waals surface area contributed by atoms with E-state index in [1.54, 1.807) is 35.1 Å². The van der Waals surface area contributed by atoms with E-state index >= 15 is 4.39 Å². The fourth-order valence-electron chi connectivity index (χ4n) is 4.28. The number of aromatic nitrogens is 6. The van der Waals surface area contributed by atoms with Crippen LogP contribution in [0.1, 0.15) is 0 Å². The van der Waals surface area contributed by atoms with Gasteiger partial charge in [0.15, 0.2) is 6.10 Å². The average molecular weight is 522 g/mol. The molecule has 0 radical (unpaired) electrons. The van der Waals surface area contributed by atoms with Gasteiger partial charge in [-0.2, -0.15) is 0 Å². The van der Waals surface area contributed by atoms with Gasteiger partial charge in [0, 0.05) is 34.6 Å². The maximum atomic E-state index is 15.1. The third kappa shape index (κ3) is 4.56. The zero-order valence-electron chi connectivity index (χ0n) is 19.6. The number of fused-ring (bicyclic) bond motifs is 1. The largest absolute Gasteiger partial charge is 0.469 e. The molecule has 0 spiro atoms. The van der Waals surface area contributed by atoms with E-state index in [9.17, 15) is 14.9 Å². The number of benzene rings is 1. The molecule has 38 heavy (non-hydrogen) atoms. The minimum Gasteiger partial charge on any atom is -0.469 e. The van der Waals surface area contributed by atoms with Crippen molar-refractivity contribution in [3.8, 4) is 23.0 Å². The molecule has 1 saturated heterocycles. The maximum absolute atomic E-state index is 15.1. The van der Waals surface area contributed by atoms with Crippen LogP contribution in [0.5, 0.6) is 11.9 Å². The van der Waals surface area contributed by atoms with Crippen molar-refractivity contribution in [2.24, 2.45) is 0 Å². The quantitative estimate of drug-likeness (QED) is 0.261. The highest BCUT2D eigenvalue weighted by Crippen LogP contribution is 2.30. The first kappa shape index (κ1) is 23.3. The number of nitrogens with zero attached hydrogens (tertiary/aromatic N) is 8. The number of hydrogen-bond donors (Lipinski definition) is 0. The summed E-state index contributed by atoms with van der Waals surface area (Å²) < 4.78 is 34.8. The third-order valence-corrected chi connectivity index (χ3v) is 6.05. The zero-order valence-corrected chi connectivity index (χ0v) is 19.6. The van der Waals surface area contributed by atoms with Crippen LogP contribution in [-0.4, -0.2) is 65.9 Å². The number of ether oxygens (including phenoxy) is 3. The van der Waals surface area contributed by atoms with Crippen LogP contribution in [-0.2, 0) is 17.8 Å². The van der Waals surface area contributed by atoms with Gasteiger partial charge < -0.3 is 24.3 Å². The van der Waals surface area contributed by atoms with Crippen molar-refractivity contribution in [1.82, 2.24) is 29.5 Å². The topological polar surface area (TPSA) is 153 Å². The normalized spacial score (nSPS) is 18.6. The Morgan fingerprint density at radius 1 is 1.24 bits per heavy atom. The van der Waals surface area contributed by atoms with Crippen molar-refractivity contribution < 1.29 is 28.3 Å². The van der Waals surface area contributed by atoms with Gasteiger partial charge in [0.1, 0.15) is 24.7 Å². The molecule has 15 heteroatoms. The lowest BCUT2D eigenvalue weighted by Gasteiger charge is -2.22. The predicted molar refractivity (Wildman–Crippen MR) is 126 cm³/mol. The van der Waals surface area contributed by atoms with E-state index in [2.05, 4.69) is 20.3 Å². The van der Waals surface area contributed by atoms with Crippen LogP contribution in [0.2, 0.25) is 0 Å². The molecule has 1 fully saturated rings. The lowest BCUT2D eigenvalue weighted by atomic mass is 10.1. The Hall–Kier alpha value is -5.08. The van der Waals surface area contributed by atoms with E-state index in [0.717, 1.165) is 0 Å². The van der Waals surface area contributed by atoms with Crippen molar-refractivity contribution in [2.45, 2.75) is 25.3 Å². The first-order valence-corrected chi connectivity index (χ1v) is 11.5. The summed E-state index contributed by atoms with van der Waals surface area (Å²) in [7, 11) is 0. The Bertz CT molecular complexity index is 1490. The fraction of sp³-hybridized carbons (Fsp3) is 0.261. The lowest BCUT2D eigenvalue weighted by Crippen LogP contribution is -2.34. The number of carbonyl (C=O) groups excluding carboxylic acids is 1. The summed E-state index contributed by atoms with van der Waals surface area (Å²) in [6, 6.07) is 7.91. The summed E-state index contributed by atoms with van der Waals surface area (Å²) in [5.41, 5.74) is 1.19. The molecule has 3 aromatic heterocycles. The zero-order chi connectivity index (χ0) is 26.2. The second kappa shape index (κ2) is 9.42. The molecule has 2 aliphatic rings. The minimum absolute atomic E-state index is 0.145. The van der Waals surface area contributed by atoms with E-state index in [0.29, 0.717) is 29.9 Å². The van der Waals surface area contributed by atoms with E-state index in [-0.39, 0.29) is 30.9 Å². The standard InChI is InChI=1S/C23H19FN8O6/c24-19-7-15(31-11-16(38-23(31)33)10-30-6-5-26-28-30)2-3-18(19)14-1-4-21(25-8-14)37-17-9-29-12-20(32(34)35)27-22(29)36-13-17/h1-8,12,16-17H,9-11,13H2/t16-,17-/m0/s1. The first-order chi connectivity index (χ1) is 18.4. The fourth-order valence-corrected chi connectivity index (χ4v) is 4.28. The average Bonchev–Trinajstić information content (AvgIpc) is 3.65.